The Morgan fingerprint density at radius 1 is 1.26 bits per heavy atom. The third-order valence-electron chi connectivity index (χ3n) is 4.48. The van der Waals surface area contributed by atoms with Crippen LogP contribution in [0.4, 0.5) is 8.78 Å². The summed E-state index contributed by atoms with van der Waals surface area (Å²) in [7, 11) is 0. The smallest absolute Gasteiger partial charge is 0.254 e. The fraction of sp³-hybridized carbons (Fsp3) is 0.444. The number of halogens is 2. The van der Waals surface area contributed by atoms with Crippen molar-refractivity contribution < 1.29 is 22.9 Å². The van der Waals surface area contributed by atoms with Crippen molar-refractivity contribution in [2.24, 2.45) is 5.92 Å². The maximum absolute atomic E-state index is 13.7. The standard InChI is InChI=1S/C18H20F2N4O3/c1-10-5-13(15(20)6-14(10)19)18(26)21-7-12-8-24(9-12)17(25)4-3-16-22-11(2)23-27-16/h5-6,12H,3-4,7-9H2,1-2H3,(H,21,26). The van der Waals surface area contributed by atoms with E-state index in [1.807, 2.05) is 0 Å². The molecule has 27 heavy (non-hydrogen) atoms. The molecule has 0 atom stereocenters. The molecule has 0 radical (unpaired) electrons. The van der Waals surface area contributed by atoms with Crippen molar-refractivity contribution in [3.8, 4) is 0 Å². The first kappa shape index (κ1) is 18.9. The Hall–Kier alpha value is -2.84. The van der Waals surface area contributed by atoms with E-state index in [1.165, 1.54) is 13.0 Å². The summed E-state index contributed by atoms with van der Waals surface area (Å²) in [4.78, 5) is 29.9. The molecule has 1 aliphatic rings. The minimum atomic E-state index is -0.891. The van der Waals surface area contributed by atoms with Gasteiger partial charge in [-0.1, -0.05) is 5.16 Å². The summed E-state index contributed by atoms with van der Waals surface area (Å²) in [6.45, 7) is 4.54. The minimum Gasteiger partial charge on any atom is -0.352 e. The van der Waals surface area contributed by atoms with Crippen LogP contribution in [0.2, 0.25) is 0 Å². The molecule has 0 aliphatic carbocycles. The first-order chi connectivity index (χ1) is 12.8. The van der Waals surface area contributed by atoms with Gasteiger partial charge in [0, 0.05) is 44.5 Å². The van der Waals surface area contributed by atoms with E-state index in [1.54, 1.807) is 11.8 Å². The van der Waals surface area contributed by atoms with Gasteiger partial charge in [-0.25, -0.2) is 8.78 Å². The Labute approximate surface area is 154 Å². The minimum absolute atomic E-state index is 0.0198. The number of nitrogens with one attached hydrogen (secondary N) is 1. The van der Waals surface area contributed by atoms with Crippen LogP contribution in [0.3, 0.4) is 0 Å². The quantitative estimate of drug-likeness (QED) is 0.828. The second-order valence-electron chi connectivity index (χ2n) is 6.69. The Bertz CT molecular complexity index is 862. The highest BCUT2D eigenvalue weighted by Gasteiger charge is 2.30. The molecule has 0 unspecified atom stereocenters. The number of amides is 2. The first-order valence-electron chi connectivity index (χ1n) is 8.64. The Balaban J connectivity index is 1.41. The van der Waals surface area contributed by atoms with Crippen LogP contribution in [0.15, 0.2) is 16.7 Å². The van der Waals surface area contributed by atoms with Crippen LogP contribution < -0.4 is 5.32 Å². The lowest BCUT2D eigenvalue weighted by Gasteiger charge is -2.39. The van der Waals surface area contributed by atoms with E-state index < -0.39 is 17.5 Å². The maximum Gasteiger partial charge on any atom is 0.254 e. The highest BCUT2D eigenvalue weighted by Crippen LogP contribution is 2.18. The lowest BCUT2D eigenvalue weighted by Crippen LogP contribution is -2.53. The maximum atomic E-state index is 13.7. The highest BCUT2D eigenvalue weighted by atomic mass is 19.1. The van der Waals surface area contributed by atoms with Crippen LogP contribution in [-0.2, 0) is 11.2 Å². The second-order valence-corrected chi connectivity index (χ2v) is 6.69. The fourth-order valence-electron chi connectivity index (χ4n) is 2.88. The number of hydrogen-bond acceptors (Lipinski definition) is 5. The van der Waals surface area contributed by atoms with E-state index in [-0.39, 0.29) is 29.4 Å². The zero-order valence-electron chi connectivity index (χ0n) is 15.1. The number of carbonyl (C=O) groups excluding carboxylic acids is 2. The van der Waals surface area contributed by atoms with Gasteiger partial charge in [-0.3, -0.25) is 9.59 Å². The van der Waals surface area contributed by atoms with Crippen LogP contribution in [0, 0.1) is 31.4 Å². The van der Waals surface area contributed by atoms with E-state index >= 15 is 0 Å². The van der Waals surface area contributed by atoms with Crippen molar-refractivity contribution in [3.05, 3.63) is 46.6 Å². The van der Waals surface area contributed by atoms with E-state index in [4.69, 9.17) is 4.52 Å². The molecule has 0 spiro atoms. The van der Waals surface area contributed by atoms with E-state index in [9.17, 15) is 18.4 Å². The summed E-state index contributed by atoms with van der Waals surface area (Å²) >= 11 is 0. The molecular weight excluding hydrogens is 358 g/mol. The molecule has 1 aromatic heterocycles. The molecule has 3 rings (SSSR count). The lowest BCUT2D eigenvalue weighted by molar-refractivity contribution is -0.137. The van der Waals surface area contributed by atoms with Gasteiger partial charge in [0.15, 0.2) is 5.82 Å². The molecule has 144 valence electrons. The van der Waals surface area contributed by atoms with Gasteiger partial charge in [0.05, 0.1) is 5.56 Å². The van der Waals surface area contributed by atoms with Gasteiger partial charge in [-0.05, 0) is 25.5 Å². The number of aryl methyl sites for hydroxylation is 3. The van der Waals surface area contributed by atoms with E-state index in [2.05, 4.69) is 15.5 Å². The van der Waals surface area contributed by atoms with Crippen molar-refractivity contribution in [3.63, 3.8) is 0 Å². The molecular formula is C18H20F2N4O3. The predicted molar refractivity (Wildman–Crippen MR) is 90.9 cm³/mol. The number of benzene rings is 1. The molecule has 1 N–H and O–H groups in total. The second kappa shape index (κ2) is 7.81. The zero-order valence-corrected chi connectivity index (χ0v) is 15.1. The van der Waals surface area contributed by atoms with Crippen LogP contribution >= 0.6 is 0 Å². The average Bonchev–Trinajstić information content (AvgIpc) is 3.00. The van der Waals surface area contributed by atoms with Crippen molar-refractivity contribution in [2.75, 3.05) is 19.6 Å². The normalized spacial score (nSPS) is 14.1. The molecule has 9 heteroatoms. The average molecular weight is 378 g/mol. The van der Waals surface area contributed by atoms with Crippen LogP contribution in [-0.4, -0.2) is 46.5 Å². The van der Waals surface area contributed by atoms with Gasteiger partial charge in [0.1, 0.15) is 11.6 Å². The summed E-state index contributed by atoms with van der Waals surface area (Å²) in [6, 6.07) is 1.90. The number of carbonyl (C=O) groups is 2. The van der Waals surface area contributed by atoms with E-state index in [0.717, 1.165) is 0 Å². The summed E-state index contributed by atoms with van der Waals surface area (Å²) in [5.74, 6) is -1.12. The summed E-state index contributed by atoms with van der Waals surface area (Å²) < 4.78 is 32.0. The van der Waals surface area contributed by atoms with Gasteiger partial charge < -0.3 is 14.7 Å². The largest absolute Gasteiger partial charge is 0.352 e. The summed E-state index contributed by atoms with van der Waals surface area (Å²) in [5.41, 5.74) is 0.0226. The van der Waals surface area contributed by atoms with Crippen molar-refractivity contribution >= 4 is 11.8 Å². The molecule has 1 aliphatic heterocycles. The number of aromatic nitrogens is 2. The molecule has 0 bridgehead atoms. The fourth-order valence-corrected chi connectivity index (χ4v) is 2.88. The predicted octanol–water partition coefficient (Wildman–Crippen LogP) is 1.79. The van der Waals surface area contributed by atoms with Crippen LogP contribution in [0.1, 0.15) is 34.1 Å². The molecule has 1 aromatic carbocycles. The number of nitrogens with zero attached hydrogens (tertiary/aromatic N) is 3. The van der Waals surface area contributed by atoms with Crippen molar-refractivity contribution in [1.82, 2.24) is 20.4 Å². The highest BCUT2D eigenvalue weighted by molar-refractivity contribution is 5.94. The number of rotatable bonds is 6. The van der Waals surface area contributed by atoms with Gasteiger partial charge in [0.25, 0.3) is 5.91 Å². The number of likely N-dealkylation sites (tertiary alicyclic amines) is 1. The van der Waals surface area contributed by atoms with Gasteiger partial charge >= 0.3 is 0 Å². The monoisotopic (exact) mass is 378 g/mol. The van der Waals surface area contributed by atoms with Crippen LogP contribution in [0.5, 0.6) is 0 Å². The Morgan fingerprint density at radius 2 is 2.00 bits per heavy atom. The van der Waals surface area contributed by atoms with Crippen molar-refractivity contribution in [1.29, 1.82) is 0 Å². The molecule has 1 fully saturated rings. The SMILES string of the molecule is Cc1noc(CCC(=O)N2CC(CNC(=O)c3cc(C)c(F)cc3F)C2)n1. The number of hydrogen-bond donors (Lipinski definition) is 1. The molecule has 2 aromatic rings. The van der Waals surface area contributed by atoms with Gasteiger partial charge in [-0.2, -0.15) is 4.98 Å². The molecule has 2 heterocycles. The zero-order chi connectivity index (χ0) is 19.6. The Morgan fingerprint density at radius 3 is 2.67 bits per heavy atom. The molecule has 2 amide bonds. The topological polar surface area (TPSA) is 88.3 Å². The molecule has 7 nitrogen and oxygen atoms in total. The van der Waals surface area contributed by atoms with Gasteiger partial charge in [0.2, 0.25) is 11.8 Å². The summed E-state index contributed by atoms with van der Waals surface area (Å²) in [6.07, 6.45) is 0.668. The van der Waals surface area contributed by atoms with Crippen molar-refractivity contribution in [2.45, 2.75) is 26.7 Å². The molecule has 0 saturated carbocycles. The molecule has 1 saturated heterocycles. The third-order valence-corrected chi connectivity index (χ3v) is 4.48. The van der Waals surface area contributed by atoms with Gasteiger partial charge in [-0.15, -0.1) is 0 Å². The van der Waals surface area contributed by atoms with Crippen LogP contribution in [0.25, 0.3) is 0 Å². The first-order valence-corrected chi connectivity index (χ1v) is 8.64. The third kappa shape index (κ3) is 4.47. The Kier molecular flexibility index (Phi) is 5.48. The summed E-state index contributed by atoms with van der Waals surface area (Å²) in [5, 5.41) is 6.30. The van der Waals surface area contributed by atoms with E-state index in [0.29, 0.717) is 43.8 Å². The lowest BCUT2D eigenvalue weighted by atomic mass is 9.99.